The molecule has 0 heterocycles. The number of hydrogen-bond donors (Lipinski definition) is 1. The minimum absolute atomic E-state index is 0.197. The van der Waals surface area contributed by atoms with Crippen LogP contribution in [0.2, 0.25) is 0 Å². The Kier molecular flexibility index (Phi) is 2.20. The molecule has 2 unspecified atom stereocenters. The largest absolute Gasteiger partial charge is 0.316 e. The van der Waals surface area contributed by atoms with Crippen LogP contribution in [0.5, 0.6) is 0 Å². The molecule has 1 saturated carbocycles. The lowest BCUT2D eigenvalue weighted by molar-refractivity contribution is 0.718. The highest BCUT2D eigenvalue weighted by Gasteiger charge is 2.51. The minimum atomic E-state index is 0.197. The van der Waals surface area contributed by atoms with Gasteiger partial charge in [-0.2, -0.15) is 0 Å². The second-order valence-electron chi connectivity index (χ2n) is 4.16. The second-order valence-corrected chi connectivity index (χ2v) is 4.16. The van der Waals surface area contributed by atoms with Gasteiger partial charge >= 0.3 is 0 Å². The highest BCUT2D eigenvalue weighted by molar-refractivity contribution is 5.42. The van der Waals surface area contributed by atoms with Crippen molar-refractivity contribution in [1.29, 1.82) is 0 Å². The number of rotatable bonds is 3. The van der Waals surface area contributed by atoms with Crippen molar-refractivity contribution in [2.24, 2.45) is 0 Å². The van der Waals surface area contributed by atoms with E-state index in [2.05, 4.69) is 49.2 Å². The molecule has 0 radical (unpaired) electrons. The quantitative estimate of drug-likeness (QED) is 0.716. The molecule has 0 amide bonds. The number of nitrogens with one attached hydrogen (secondary N) is 1. The Morgan fingerprint density at radius 3 is 2.50 bits per heavy atom. The van der Waals surface area contributed by atoms with E-state index in [9.17, 15) is 0 Å². The van der Waals surface area contributed by atoms with Gasteiger partial charge in [-0.15, -0.1) is 6.58 Å². The van der Waals surface area contributed by atoms with Crippen LogP contribution in [-0.4, -0.2) is 13.1 Å². The summed E-state index contributed by atoms with van der Waals surface area (Å²) in [4.78, 5) is 0. The molecule has 1 nitrogen and oxygen atoms in total. The molecule has 1 fully saturated rings. The number of hydrogen-bond acceptors (Lipinski definition) is 1. The maximum atomic E-state index is 3.95. The van der Waals surface area contributed by atoms with Crippen LogP contribution in [0.1, 0.15) is 17.5 Å². The first-order valence-electron chi connectivity index (χ1n) is 5.11. The van der Waals surface area contributed by atoms with Crippen LogP contribution in [0.15, 0.2) is 36.9 Å². The summed E-state index contributed by atoms with van der Waals surface area (Å²) in [6.07, 6.45) is 3.26. The highest BCUT2D eigenvalue weighted by atomic mass is 15.0. The molecule has 2 rings (SSSR count). The summed E-state index contributed by atoms with van der Waals surface area (Å²) in [5.74, 6) is 0. The van der Waals surface area contributed by atoms with Crippen molar-refractivity contribution in [3.8, 4) is 0 Å². The van der Waals surface area contributed by atoms with Crippen molar-refractivity contribution in [2.45, 2.75) is 24.8 Å². The maximum absolute atomic E-state index is 3.95. The van der Waals surface area contributed by atoms with Crippen LogP contribution in [0.3, 0.4) is 0 Å². The Morgan fingerprint density at radius 2 is 2.07 bits per heavy atom. The van der Waals surface area contributed by atoms with E-state index < -0.39 is 0 Å². The lowest BCUT2D eigenvalue weighted by Crippen LogP contribution is -2.20. The molecule has 1 heteroatoms. The zero-order valence-electron chi connectivity index (χ0n) is 8.88. The molecule has 0 bridgehead atoms. The molecule has 0 aromatic heterocycles. The third-order valence-corrected chi connectivity index (χ3v) is 3.31. The van der Waals surface area contributed by atoms with Gasteiger partial charge in [-0.1, -0.05) is 35.9 Å². The summed E-state index contributed by atoms with van der Waals surface area (Å²) >= 11 is 0. The van der Waals surface area contributed by atoms with Crippen molar-refractivity contribution < 1.29 is 0 Å². The molecule has 0 saturated heterocycles. The molecule has 1 aromatic rings. The standard InChI is InChI=1S/C13H17N/c1-4-13(9-12(13)14-3)11-7-5-10(2)6-8-11/h4-8,12,14H,1,9H2,2-3H3. The first kappa shape index (κ1) is 9.47. The lowest BCUT2D eigenvalue weighted by Gasteiger charge is -2.12. The maximum Gasteiger partial charge on any atom is 0.0298 e. The molecule has 0 spiro atoms. The fourth-order valence-corrected chi connectivity index (χ4v) is 2.16. The Balaban J connectivity index is 2.30. The van der Waals surface area contributed by atoms with Gasteiger partial charge in [0.15, 0.2) is 0 Å². The van der Waals surface area contributed by atoms with E-state index in [0.717, 1.165) is 0 Å². The first-order valence-corrected chi connectivity index (χ1v) is 5.11. The van der Waals surface area contributed by atoms with E-state index in [1.54, 1.807) is 0 Å². The van der Waals surface area contributed by atoms with Crippen LogP contribution in [0.4, 0.5) is 0 Å². The molecule has 1 aromatic carbocycles. The summed E-state index contributed by atoms with van der Waals surface area (Å²) in [6, 6.07) is 9.35. The van der Waals surface area contributed by atoms with Gasteiger partial charge in [0, 0.05) is 11.5 Å². The Hall–Kier alpha value is -1.08. The van der Waals surface area contributed by atoms with Gasteiger partial charge in [0.1, 0.15) is 0 Å². The van der Waals surface area contributed by atoms with Crippen LogP contribution in [-0.2, 0) is 5.41 Å². The summed E-state index contributed by atoms with van der Waals surface area (Å²) in [5, 5.41) is 3.32. The van der Waals surface area contributed by atoms with Crippen molar-refractivity contribution >= 4 is 0 Å². The molecule has 1 aliphatic carbocycles. The molecule has 74 valence electrons. The van der Waals surface area contributed by atoms with Crippen molar-refractivity contribution in [1.82, 2.24) is 5.32 Å². The third kappa shape index (κ3) is 1.28. The van der Waals surface area contributed by atoms with Gasteiger partial charge in [-0.25, -0.2) is 0 Å². The SMILES string of the molecule is C=CC1(c2ccc(C)cc2)CC1NC. The molecule has 2 atom stereocenters. The summed E-state index contributed by atoms with van der Waals surface area (Å²) in [6.45, 7) is 6.07. The number of aryl methyl sites for hydroxylation is 1. The monoisotopic (exact) mass is 187 g/mol. The topological polar surface area (TPSA) is 12.0 Å². The molecule has 0 aliphatic heterocycles. The predicted octanol–water partition coefficient (Wildman–Crippen LogP) is 2.41. The fourth-order valence-electron chi connectivity index (χ4n) is 2.16. The van der Waals surface area contributed by atoms with E-state index in [4.69, 9.17) is 0 Å². The molecular weight excluding hydrogens is 170 g/mol. The molecule has 14 heavy (non-hydrogen) atoms. The first-order chi connectivity index (χ1) is 6.73. The van der Waals surface area contributed by atoms with Crippen LogP contribution in [0.25, 0.3) is 0 Å². The van der Waals surface area contributed by atoms with Crippen molar-refractivity contribution in [2.75, 3.05) is 7.05 Å². The fraction of sp³-hybridized carbons (Fsp3) is 0.385. The van der Waals surface area contributed by atoms with E-state index in [1.165, 1.54) is 17.5 Å². The van der Waals surface area contributed by atoms with E-state index in [1.807, 2.05) is 7.05 Å². The van der Waals surface area contributed by atoms with Gasteiger partial charge in [-0.3, -0.25) is 0 Å². The van der Waals surface area contributed by atoms with Gasteiger partial charge in [-0.05, 0) is 26.0 Å². The zero-order chi connectivity index (χ0) is 10.2. The molecule has 1 aliphatic rings. The summed E-state index contributed by atoms with van der Waals surface area (Å²) in [5.41, 5.74) is 2.90. The summed E-state index contributed by atoms with van der Waals surface area (Å²) < 4.78 is 0. The van der Waals surface area contributed by atoms with E-state index >= 15 is 0 Å². The van der Waals surface area contributed by atoms with E-state index in [0.29, 0.717) is 6.04 Å². The van der Waals surface area contributed by atoms with Crippen LogP contribution in [0, 0.1) is 6.92 Å². The van der Waals surface area contributed by atoms with Crippen LogP contribution < -0.4 is 5.32 Å². The second kappa shape index (κ2) is 3.25. The normalized spacial score (nSPS) is 30.0. The van der Waals surface area contributed by atoms with Crippen molar-refractivity contribution in [3.05, 3.63) is 48.0 Å². The molecular formula is C13H17N. The van der Waals surface area contributed by atoms with Gasteiger partial charge < -0.3 is 5.32 Å². The minimum Gasteiger partial charge on any atom is -0.316 e. The average molecular weight is 187 g/mol. The number of likely N-dealkylation sites (N-methyl/N-ethyl adjacent to an activating group) is 1. The lowest BCUT2D eigenvalue weighted by atomic mass is 9.94. The van der Waals surface area contributed by atoms with Gasteiger partial charge in [0.25, 0.3) is 0 Å². The van der Waals surface area contributed by atoms with Crippen LogP contribution >= 0.6 is 0 Å². The predicted molar refractivity (Wildman–Crippen MR) is 60.5 cm³/mol. The number of benzene rings is 1. The smallest absolute Gasteiger partial charge is 0.0298 e. The van der Waals surface area contributed by atoms with Crippen molar-refractivity contribution in [3.63, 3.8) is 0 Å². The Bertz CT molecular complexity index is 339. The Labute approximate surface area is 85.8 Å². The van der Waals surface area contributed by atoms with Gasteiger partial charge in [0.05, 0.1) is 0 Å². The summed E-state index contributed by atoms with van der Waals surface area (Å²) in [7, 11) is 2.02. The average Bonchev–Trinajstić information content (AvgIpc) is 2.94. The third-order valence-electron chi connectivity index (χ3n) is 3.31. The van der Waals surface area contributed by atoms with Gasteiger partial charge in [0.2, 0.25) is 0 Å². The Morgan fingerprint density at radius 1 is 1.43 bits per heavy atom. The molecule has 1 N–H and O–H groups in total. The van der Waals surface area contributed by atoms with E-state index in [-0.39, 0.29) is 5.41 Å². The zero-order valence-corrected chi connectivity index (χ0v) is 8.88. The highest BCUT2D eigenvalue weighted by Crippen LogP contribution is 2.49.